The Morgan fingerprint density at radius 1 is 1.00 bits per heavy atom. The predicted molar refractivity (Wildman–Crippen MR) is 19.5 cm³/mol. The third-order valence-electron chi connectivity index (χ3n) is 0.998. The number of alkyl halides is 5. The third-order valence-corrected chi connectivity index (χ3v) is 1.55. The Labute approximate surface area is 47.4 Å². The maximum absolute atomic E-state index is 11.4. The lowest BCUT2D eigenvalue weighted by Crippen LogP contribution is -2.02. The van der Waals surface area contributed by atoms with Crippen LogP contribution in [0.1, 0.15) is 0 Å². The van der Waals surface area contributed by atoms with Gasteiger partial charge in [-0.05, 0) is 0 Å². The summed E-state index contributed by atoms with van der Waals surface area (Å²) in [5.74, 6) is -7.93. The average molecular weight is 148 g/mol. The normalized spacial score (nSPS) is 32.6. The molecule has 0 aliphatic heterocycles. The zero-order chi connectivity index (χ0) is 6.58. The zero-order valence-corrected chi connectivity index (χ0v) is 4.22. The zero-order valence-electron chi connectivity index (χ0n) is 3.47. The molecule has 1 aliphatic carbocycles. The van der Waals surface area contributed by atoms with Gasteiger partial charge in [0.2, 0.25) is 0 Å². The molecule has 0 radical (unpaired) electrons. The van der Waals surface area contributed by atoms with E-state index in [1.165, 1.54) is 0 Å². The monoisotopic (exact) mass is 148 g/mol. The molecule has 1 aliphatic rings. The molecule has 1 saturated carbocycles. The summed E-state index contributed by atoms with van der Waals surface area (Å²) in [7, 11) is 0. The average Bonchev–Trinajstić information content (AvgIpc) is 1.88. The summed E-state index contributed by atoms with van der Waals surface area (Å²) in [6.07, 6.45) is 0. The van der Waals surface area contributed by atoms with Crippen LogP contribution in [-0.2, 0) is 0 Å². The van der Waals surface area contributed by atoms with Crippen LogP contribution in [0.2, 0.25) is 0 Å². The molecule has 0 atom stereocenters. The van der Waals surface area contributed by atoms with Gasteiger partial charge < -0.3 is 0 Å². The van der Waals surface area contributed by atoms with Crippen LogP contribution < -0.4 is 0 Å². The Morgan fingerprint density at radius 3 is 1.12 bits per heavy atom. The summed E-state index contributed by atoms with van der Waals surface area (Å²) in [5.41, 5.74) is 0. The number of rotatable bonds is 0. The molecule has 1 rings (SSSR count). The fourth-order valence-corrected chi connectivity index (χ4v) is 0.534. The van der Waals surface area contributed by atoms with E-state index in [0.29, 0.717) is 0 Å². The van der Waals surface area contributed by atoms with Crippen molar-refractivity contribution in [1.82, 2.24) is 0 Å². The van der Waals surface area contributed by atoms with Crippen LogP contribution in [-0.4, -0.2) is 17.2 Å². The molecule has 48 valence electrons. The molecule has 5 heteroatoms. The van der Waals surface area contributed by atoms with Gasteiger partial charge in [0, 0.05) is 0 Å². The van der Waals surface area contributed by atoms with Crippen LogP contribution in [0.15, 0.2) is 0 Å². The van der Waals surface area contributed by atoms with Crippen molar-refractivity contribution in [3.05, 3.63) is 0 Å². The van der Waals surface area contributed by atoms with Crippen molar-refractivity contribution in [3.63, 3.8) is 0 Å². The van der Waals surface area contributed by atoms with Gasteiger partial charge >= 0.3 is 11.8 Å². The van der Waals surface area contributed by atoms with E-state index in [2.05, 4.69) is 11.6 Å². The molecule has 0 aromatic carbocycles. The number of hydrogen-bond donors (Lipinski definition) is 0. The Morgan fingerprint density at radius 2 is 1.12 bits per heavy atom. The third kappa shape index (κ3) is 0.417. The smallest absolute Gasteiger partial charge is 0.198 e. The molecule has 0 amide bonds. The molecule has 0 saturated heterocycles. The van der Waals surface area contributed by atoms with E-state index in [0.717, 1.165) is 0 Å². The molecule has 0 N–H and O–H groups in total. The molecule has 0 unspecified atom stereocenters. The first-order chi connectivity index (χ1) is 3.40. The summed E-state index contributed by atoms with van der Waals surface area (Å²) >= 11 is 4.47. The van der Waals surface area contributed by atoms with Crippen LogP contribution >= 0.6 is 11.6 Å². The highest BCUT2D eigenvalue weighted by Gasteiger charge is 2.85. The van der Waals surface area contributed by atoms with Crippen molar-refractivity contribution in [2.24, 2.45) is 0 Å². The predicted octanol–water partition coefficient (Wildman–Crippen LogP) is 1.88. The Kier molecular flexibility index (Phi) is 0.862. The fourth-order valence-electron chi connectivity index (χ4n) is 0.306. The van der Waals surface area contributed by atoms with Gasteiger partial charge in [-0.15, -0.1) is 11.6 Å². The first-order valence-electron chi connectivity index (χ1n) is 1.80. The molecule has 0 spiro atoms. The van der Waals surface area contributed by atoms with Gasteiger partial charge in [0.25, 0.3) is 0 Å². The van der Waals surface area contributed by atoms with E-state index in [1.807, 2.05) is 0 Å². The summed E-state index contributed by atoms with van der Waals surface area (Å²) in [4.78, 5) is 0. The van der Waals surface area contributed by atoms with Gasteiger partial charge in [-0.1, -0.05) is 0 Å². The lowest BCUT2D eigenvalue weighted by molar-refractivity contribution is -0.0278. The molecule has 0 aromatic rings. The summed E-state index contributed by atoms with van der Waals surface area (Å²) in [5, 5.41) is -2.28. The van der Waals surface area contributed by atoms with Crippen molar-refractivity contribution in [3.8, 4) is 0 Å². The molecule has 0 nitrogen and oxygen atoms in total. The quantitative estimate of drug-likeness (QED) is 0.363. The van der Waals surface area contributed by atoms with Crippen molar-refractivity contribution in [1.29, 1.82) is 0 Å². The van der Waals surface area contributed by atoms with E-state index in [9.17, 15) is 17.6 Å². The van der Waals surface area contributed by atoms with Gasteiger partial charge in [-0.2, -0.15) is 17.6 Å². The van der Waals surface area contributed by atoms with Crippen molar-refractivity contribution < 1.29 is 17.6 Å². The lowest BCUT2D eigenvalue weighted by Gasteiger charge is -1.86. The summed E-state index contributed by atoms with van der Waals surface area (Å²) < 4.78 is 45.7. The van der Waals surface area contributed by atoms with E-state index in [1.54, 1.807) is 0 Å². The molecular weight excluding hydrogens is 147 g/mol. The highest BCUT2D eigenvalue weighted by molar-refractivity contribution is 6.24. The molecule has 0 heterocycles. The SMILES string of the molecule is FC1(F)C(Cl)C1(F)F. The maximum atomic E-state index is 11.4. The Bertz CT molecular complexity index is 106. The van der Waals surface area contributed by atoms with Crippen molar-refractivity contribution >= 4 is 11.6 Å². The number of halogens is 5. The van der Waals surface area contributed by atoms with E-state index >= 15 is 0 Å². The topological polar surface area (TPSA) is 0 Å². The molecule has 8 heavy (non-hydrogen) atoms. The molecule has 0 bridgehead atoms. The summed E-state index contributed by atoms with van der Waals surface area (Å²) in [6.45, 7) is 0. The minimum atomic E-state index is -3.96. The Balaban J connectivity index is 2.72. The van der Waals surface area contributed by atoms with Crippen LogP contribution in [0, 0.1) is 0 Å². The minimum Gasteiger partial charge on any atom is -0.198 e. The highest BCUT2D eigenvalue weighted by Crippen LogP contribution is 2.60. The lowest BCUT2D eigenvalue weighted by atomic mass is 10.8. The van der Waals surface area contributed by atoms with Crippen LogP contribution in [0.25, 0.3) is 0 Å². The second-order valence-corrected chi connectivity index (χ2v) is 2.04. The van der Waals surface area contributed by atoms with Gasteiger partial charge in [0.1, 0.15) is 0 Å². The molecule has 0 aromatic heterocycles. The largest absolute Gasteiger partial charge is 0.334 e. The fraction of sp³-hybridized carbons (Fsp3) is 1.00. The highest BCUT2D eigenvalue weighted by atomic mass is 35.5. The van der Waals surface area contributed by atoms with Crippen molar-refractivity contribution in [2.45, 2.75) is 17.2 Å². The molecular formula is C3HClF4. The number of hydrogen-bond acceptors (Lipinski definition) is 0. The first kappa shape index (κ1) is 6.13. The first-order valence-corrected chi connectivity index (χ1v) is 2.24. The van der Waals surface area contributed by atoms with Crippen LogP contribution in [0.3, 0.4) is 0 Å². The standard InChI is InChI=1S/C3HClF4/c4-1-2(5,6)3(1,7)8/h1H. The minimum absolute atomic E-state index is 2.28. The van der Waals surface area contributed by atoms with Gasteiger partial charge in [-0.25, -0.2) is 0 Å². The second kappa shape index (κ2) is 1.12. The van der Waals surface area contributed by atoms with E-state index in [-0.39, 0.29) is 0 Å². The molecule has 1 fully saturated rings. The van der Waals surface area contributed by atoms with Gasteiger partial charge in [0.15, 0.2) is 5.38 Å². The van der Waals surface area contributed by atoms with E-state index in [4.69, 9.17) is 0 Å². The Hall–Kier alpha value is 0.01000. The summed E-state index contributed by atoms with van der Waals surface area (Å²) in [6, 6.07) is 0. The second-order valence-electron chi connectivity index (χ2n) is 1.61. The van der Waals surface area contributed by atoms with Gasteiger partial charge in [-0.3, -0.25) is 0 Å². The maximum Gasteiger partial charge on any atom is 0.334 e. The van der Waals surface area contributed by atoms with Crippen LogP contribution in [0.5, 0.6) is 0 Å². The van der Waals surface area contributed by atoms with Gasteiger partial charge in [0.05, 0.1) is 0 Å². The van der Waals surface area contributed by atoms with Crippen LogP contribution in [0.4, 0.5) is 17.6 Å². The van der Waals surface area contributed by atoms with E-state index < -0.39 is 17.2 Å². The van der Waals surface area contributed by atoms with Crippen molar-refractivity contribution in [2.75, 3.05) is 0 Å².